The summed E-state index contributed by atoms with van der Waals surface area (Å²) < 4.78 is 54.9. The quantitative estimate of drug-likeness (QED) is 0.294. The van der Waals surface area contributed by atoms with E-state index in [-0.39, 0.29) is 16.9 Å². The fourth-order valence-corrected chi connectivity index (χ4v) is 2.73. The average Bonchev–Trinajstić information content (AvgIpc) is 2.72. The Morgan fingerprint density at radius 2 is 1.81 bits per heavy atom. The van der Waals surface area contributed by atoms with Gasteiger partial charge in [0.25, 0.3) is 0 Å². The molecule has 0 N–H and O–H groups in total. The summed E-state index contributed by atoms with van der Waals surface area (Å²) in [5.74, 6) is -2.85. The number of carbonyl (C=O) groups is 1. The second kappa shape index (κ2) is 9.07. The molecule has 0 aliphatic rings. The standard InChI is InChI=1S/C23H19F3O5/c1-14(2)21(27)30-13-17(23(24,25)26)12-29-18-9-8-16-10-19(15-6-4-3-5-7-15)22(28)31-20(16)11-18/h3-11,17H,1,12-13H2,2H3. The van der Waals surface area contributed by atoms with Crippen molar-refractivity contribution in [2.45, 2.75) is 13.1 Å². The highest BCUT2D eigenvalue weighted by Crippen LogP contribution is 2.29. The molecule has 2 aromatic carbocycles. The van der Waals surface area contributed by atoms with Crippen molar-refractivity contribution >= 4 is 16.9 Å². The fraction of sp³-hybridized carbons (Fsp3) is 0.217. The Balaban J connectivity index is 1.77. The molecule has 0 amide bonds. The molecule has 3 rings (SSSR count). The van der Waals surface area contributed by atoms with Crippen LogP contribution in [0.2, 0.25) is 0 Å². The molecule has 1 atom stereocenters. The molecule has 0 aliphatic heterocycles. The van der Waals surface area contributed by atoms with Gasteiger partial charge in [0.05, 0.1) is 5.56 Å². The molecule has 0 bridgehead atoms. The van der Waals surface area contributed by atoms with Gasteiger partial charge in [-0.2, -0.15) is 13.2 Å². The zero-order chi connectivity index (χ0) is 22.6. The Morgan fingerprint density at radius 1 is 1.10 bits per heavy atom. The Labute approximate surface area is 175 Å². The largest absolute Gasteiger partial charge is 0.493 e. The van der Waals surface area contributed by atoms with Gasteiger partial charge in [0, 0.05) is 17.0 Å². The van der Waals surface area contributed by atoms with Crippen LogP contribution in [0.4, 0.5) is 13.2 Å². The summed E-state index contributed by atoms with van der Waals surface area (Å²) >= 11 is 0. The number of hydrogen-bond acceptors (Lipinski definition) is 5. The van der Waals surface area contributed by atoms with Gasteiger partial charge < -0.3 is 13.9 Å². The number of carbonyl (C=O) groups excluding carboxylic acids is 1. The third-order valence-electron chi connectivity index (χ3n) is 4.47. The van der Waals surface area contributed by atoms with Gasteiger partial charge in [-0.25, -0.2) is 9.59 Å². The highest BCUT2D eigenvalue weighted by atomic mass is 19.4. The number of hydrogen-bond donors (Lipinski definition) is 0. The summed E-state index contributed by atoms with van der Waals surface area (Å²) in [6.07, 6.45) is -4.64. The van der Waals surface area contributed by atoms with Gasteiger partial charge >= 0.3 is 17.8 Å². The number of esters is 1. The molecule has 31 heavy (non-hydrogen) atoms. The second-order valence-electron chi connectivity index (χ2n) is 6.94. The molecule has 0 fully saturated rings. The fourth-order valence-electron chi connectivity index (χ4n) is 2.73. The summed E-state index contributed by atoms with van der Waals surface area (Å²) in [7, 11) is 0. The second-order valence-corrected chi connectivity index (χ2v) is 6.94. The van der Waals surface area contributed by atoms with Crippen LogP contribution in [0, 0.1) is 5.92 Å². The molecule has 0 saturated heterocycles. The Hall–Kier alpha value is -3.55. The summed E-state index contributed by atoms with van der Waals surface area (Å²) in [5.41, 5.74) is 0.672. The average molecular weight is 432 g/mol. The van der Waals surface area contributed by atoms with E-state index in [4.69, 9.17) is 9.15 Å². The molecule has 0 saturated carbocycles. The Kier molecular flexibility index (Phi) is 6.48. The summed E-state index contributed by atoms with van der Waals surface area (Å²) in [4.78, 5) is 23.7. The van der Waals surface area contributed by atoms with E-state index in [1.165, 1.54) is 19.1 Å². The monoisotopic (exact) mass is 432 g/mol. The van der Waals surface area contributed by atoms with Crippen LogP contribution in [-0.2, 0) is 9.53 Å². The van der Waals surface area contributed by atoms with Crippen molar-refractivity contribution in [1.82, 2.24) is 0 Å². The van der Waals surface area contributed by atoms with E-state index < -0.39 is 36.9 Å². The van der Waals surface area contributed by atoms with Gasteiger partial charge in [-0.15, -0.1) is 0 Å². The van der Waals surface area contributed by atoms with Crippen LogP contribution in [0.15, 0.2) is 76.0 Å². The number of alkyl halides is 3. The lowest BCUT2D eigenvalue weighted by Gasteiger charge is -2.20. The van der Waals surface area contributed by atoms with Crippen LogP contribution < -0.4 is 10.4 Å². The van der Waals surface area contributed by atoms with E-state index in [9.17, 15) is 22.8 Å². The van der Waals surface area contributed by atoms with Gasteiger partial charge in [0.15, 0.2) is 0 Å². The van der Waals surface area contributed by atoms with Crippen molar-refractivity contribution in [3.63, 3.8) is 0 Å². The molecule has 162 valence electrons. The Morgan fingerprint density at radius 3 is 2.45 bits per heavy atom. The number of fused-ring (bicyclic) bond motifs is 1. The highest BCUT2D eigenvalue weighted by molar-refractivity contribution is 5.87. The molecule has 1 unspecified atom stereocenters. The SMILES string of the molecule is C=C(C)C(=O)OCC(COc1ccc2cc(-c3ccccc3)c(=O)oc2c1)C(F)(F)F. The van der Waals surface area contributed by atoms with E-state index in [0.717, 1.165) is 0 Å². The van der Waals surface area contributed by atoms with E-state index >= 15 is 0 Å². The number of halogens is 3. The summed E-state index contributed by atoms with van der Waals surface area (Å²) in [5, 5.41) is 0.591. The van der Waals surface area contributed by atoms with Crippen LogP contribution in [0.25, 0.3) is 22.1 Å². The van der Waals surface area contributed by atoms with Crippen molar-refractivity contribution in [3.05, 3.63) is 77.2 Å². The van der Waals surface area contributed by atoms with E-state index in [1.807, 2.05) is 6.07 Å². The van der Waals surface area contributed by atoms with E-state index in [0.29, 0.717) is 16.5 Å². The minimum atomic E-state index is -4.64. The lowest BCUT2D eigenvalue weighted by molar-refractivity contribution is -0.196. The van der Waals surface area contributed by atoms with Crippen LogP contribution in [0.3, 0.4) is 0 Å². The van der Waals surface area contributed by atoms with Crippen molar-refractivity contribution in [1.29, 1.82) is 0 Å². The summed E-state index contributed by atoms with van der Waals surface area (Å²) in [6, 6.07) is 15.0. The first-order valence-electron chi connectivity index (χ1n) is 9.30. The number of rotatable bonds is 7. The maximum Gasteiger partial charge on any atom is 0.398 e. The lowest BCUT2D eigenvalue weighted by Crippen LogP contribution is -2.33. The first-order valence-corrected chi connectivity index (χ1v) is 9.30. The smallest absolute Gasteiger partial charge is 0.398 e. The first-order chi connectivity index (χ1) is 14.6. The molecule has 3 aromatic rings. The van der Waals surface area contributed by atoms with Crippen molar-refractivity contribution < 1.29 is 31.9 Å². The predicted octanol–water partition coefficient (Wildman–Crippen LogP) is 5.14. The minimum Gasteiger partial charge on any atom is -0.493 e. The summed E-state index contributed by atoms with van der Waals surface area (Å²) in [6.45, 7) is 3.00. The minimum absolute atomic E-state index is 0.00118. The van der Waals surface area contributed by atoms with Crippen LogP contribution >= 0.6 is 0 Å². The van der Waals surface area contributed by atoms with Gasteiger partial charge in [0.2, 0.25) is 0 Å². The van der Waals surface area contributed by atoms with Crippen LogP contribution in [0.5, 0.6) is 5.75 Å². The van der Waals surface area contributed by atoms with Gasteiger partial charge in [-0.1, -0.05) is 36.9 Å². The first kappa shape index (κ1) is 22.1. The Bertz CT molecular complexity index is 1150. The van der Waals surface area contributed by atoms with Crippen LogP contribution in [-0.4, -0.2) is 25.4 Å². The van der Waals surface area contributed by atoms with Crippen molar-refractivity contribution in [2.24, 2.45) is 5.92 Å². The lowest BCUT2D eigenvalue weighted by atomic mass is 10.1. The van der Waals surface area contributed by atoms with Gasteiger partial charge in [0.1, 0.15) is 30.5 Å². The molecular weight excluding hydrogens is 413 g/mol. The maximum absolute atomic E-state index is 13.2. The molecular formula is C23H19F3O5. The molecule has 0 radical (unpaired) electrons. The van der Waals surface area contributed by atoms with Crippen LogP contribution in [0.1, 0.15) is 6.92 Å². The highest BCUT2D eigenvalue weighted by Gasteiger charge is 2.41. The predicted molar refractivity (Wildman–Crippen MR) is 109 cm³/mol. The topological polar surface area (TPSA) is 65.7 Å². The van der Waals surface area contributed by atoms with Crippen molar-refractivity contribution in [2.75, 3.05) is 13.2 Å². The van der Waals surface area contributed by atoms with E-state index in [2.05, 4.69) is 11.3 Å². The van der Waals surface area contributed by atoms with Gasteiger partial charge in [-0.3, -0.25) is 0 Å². The van der Waals surface area contributed by atoms with Crippen molar-refractivity contribution in [3.8, 4) is 16.9 Å². The molecule has 5 nitrogen and oxygen atoms in total. The zero-order valence-electron chi connectivity index (χ0n) is 16.6. The van der Waals surface area contributed by atoms with Gasteiger partial charge in [-0.05, 0) is 30.7 Å². The molecule has 1 heterocycles. The third kappa shape index (κ3) is 5.53. The zero-order valence-corrected chi connectivity index (χ0v) is 16.6. The normalized spacial score (nSPS) is 12.4. The molecule has 0 aliphatic carbocycles. The van der Waals surface area contributed by atoms with E-state index in [1.54, 1.807) is 36.4 Å². The number of ether oxygens (including phenoxy) is 2. The molecule has 0 spiro atoms. The molecule has 1 aromatic heterocycles. The maximum atomic E-state index is 13.2. The number of benzene rings is 2. The molecule has 8 heteroatoms. The third-order valence-corrected chi connectivity index (χ3v) is 4.47.